The summed E-state index contributed by atoms with van der Waals surface area (Å²) in [7, 11) is -3.73. The molecule has 0 atom stereocenters. The van der Waals surface area contributed by atoms with Crippen LogP contribution in [0.2, 0.25) is 0 Å². The van der Waals surface area contributed by atoms with E-state index in [1.54, 1.807) is 6.92 Å². The van der Waals surface area contributed by atoms with Gasteiger partial charge in [0.05, 0.1) is 28.7 Å². The number of nitriles is 1. The summed E-state index contributed by atoms with van der Waals surface area (Å²) in [4.78, 5) is 0.135. The molecule has 20 heavy (non-hydrogen) atoms. The van der Waals surface area contributed by atoms with Gasteiger partial charge in [-0.05, 0) is 43.5 Å². The highest BCUT2D eigenvalue weighted by Crippen LogP contribution is 2.22. The summed E-state index contributed by atoms with van der Waals surface area (Å²) in [6.07, 6.45) is 0.989. The number of rotatable bonds is 6. The van der Waals surface area contributed by atoms with Gasteiger partial charge in [-0.3, -0.25) is 0 Å². The second kappa shape index (κ2) is 6.35. The van der Waals surface area contributed by atoms with E-state index in [1.807, 2.05) is 19.9 Å². The van der Waals surface area contributed by atoms with E-state index in [0.29, 0.717) is 24.0 Å². The third-order valence-electron chi connectivity index (χ3n) is 3.60. The van der Waals surface area contributed by atoms with Crippen molar-refractivity contribution < 1.29 is 13.5 Å². The number of aliphatic hydroxyl groups is 1. The molecule has 1 rings (SSSR count). The van der Waals surface area contributed by atoms with Crippen LogP contribution < -0.4 is 4.72 Å². The molecular weight excluding hydrogens is 276 g/mol. The number of benzene rings is 1. The van der Waals surface area contributed by atoms with Crippen LogP contribution in [0.3, 0.4) is 0 Å². The molecule has 2 N–H and O–H groups in total. The van der Waals surface area contributed by atoms with Gasteiger partial charge in [0.25, 0.3) is 0 Å². The van der Waals surface area contributed by atoms with E-state index in [0.717, 1.165) is 0 Å². The molecular formula is C14H20N2O3S. The van der Waals surface area contributed by atoms with Gasteiger partial charge in [-0.15, -0.1) is 0 Å². The Bertz CT molecular complexity index is 606. The second-order valence-electron chi connectivity index (χ2n) is 4.84. The smallest absolute Gasteiger partial charge is 0.241 e. The maximum absolute atomic E-state index is 12.4. The number of sulfonamides is 1. The Balaban J connectivity index is 3.21. The zero-order valence-corrected chi connectivity index (χ0v) is 12.8. The van der Waals surface area contributed by atoms with Crippen molar-refractivity contribution in [2.75, 3.05) is 6.61 Å². The predicted molar refractivity (Wildman–Crippen MR) is 76.6 cm³/mol. The monoisotopic (exact) mass is 296 g/mol. The number of aliphatic hydroxyl groups excluding tert-OH is 1. The number of aryl methyl sites for hydroxylation is 1. The minimum Gasteiger partial charge on any atom is -0.394 e. The zero-order chi connectivity index (χ0) is 15.4. The summed E-state index contributed by atoms with van der Waals surface area (Å²) in [6.45, 7) is 5.05. The molecule has 0 saturated carbocycles. The molecule has 0 aliphatic rings. The lowest BCUT2D eigenvalue weighted by Gasteiger charge is -2.30. The van der Waals surface area contributed by atoms with E-state index in [-0.39, 0.29) is 11.5 Å². The summed E-state index contributed by atoms with van der Waals surface area (Å²) < 4.78 is 27.5. The summed E-state index contributed by atoms with van der Waals surface area (Å²) in [5, 5.41) is 18.3. The molecule has 1 aromatic rings. The topological polar surface area (TPSA) is 90.2 Å². The molecule has 0 spiro atoms. The molecule has 110 valence electrons. The van der Waals surface area contributed by atoms with Gasteiger partial charge in [0, 0.05) is 0 Å². The van der Waals surface area contributed by atoms with Crippen molar-refractivity contribution in [2.45, 2.75) is 44.0 Å². The highest BCUT2D eigenvalue weighted by molar-refractivity contribution is 7.89. The quantitative estimate of drug-likeness (QED) is 0.836. The van der Waals surface area contributed by atoms with Crippen LogP contribution in [-0.4, -0.2) is 25.7 Å². The highest BCUT2D eigenvalue weighted by atomic mass is 32.2. The fourth-order valence-corrected chi connectivity index (χ4v) is 3.77. The average molecular weight is 296 g/mol. The van der Waals surface area contributed by atoms with Crippen molar-refractivity contribution in [3.63, 3.8) is 0 Å². The first-order valence-electron chi connectivity index (χ1n) is 6.49. The Labute approximate surface area is 120 Å². The Hall–Kier alpha value is -1.42. The Morgan fingerprint density at radius 2 is 1.95 bits per heavy atom. The Morgan fingerprint density at radius 1 is 1.35 bits per heavy atom. The van der Waals surface area contributed by atoms with Crippen LogP contribution >= 0.6 is 0 Å². The van der Waals surface area contributed by atoms with Gasteiger partial charge in [0.1, 0.15) is 0 Å². The summed E-state index contributed by atoms with van der Waals surface area (Å²) in [6, 6.07) is 6.40. The largest absolute Gasteiger partial charge is 0.394 e. The van der Waals surface area contributed by atoms with Gasteiger partial charge in [-0.2, -0.15) is 5.26 Å². The van der Waals surface area contributed by atoms with Gasteiger partial charge < -0.3 is 5.11 Å². The van der Waals surface area contributed by atoms with Crippen LogP contribution in [0.4, 0.5) is 0 Å². The maximum atomic E-state index is 12.4. The maximum Gasteiger partial charge on any atom is 0.241 e. The number of nitrogens with zero attached hydrogens (tertiary/aromatic N) is 1. The van der Waals surface area contributed by atoms with E-state index in [1.165, 1.54) is 18.2 Å². The lowest BCUT2D eigenvalue weighted by Crippen LogP contribution is -2.50. The lowest BCUT2D eigenvalue weighted by atomic mass is 9.96. The normalized spacial score (nSPS) is 12.2. The molecule has 5 nitrogen and oxygen atoms in total. The molecule has 0 fully saturated rings. The number of hydrogen-bond acceptors (Lipinski definition) is 4. The van der Waals surface area contributed by atoms with Gasteiger partial charge in [-0.1, -0.05) is 13.8 Å². The Kier molecular flexibility index (Phi) is 5.28. The van der Waals surface area contributed by atoms with Crippen LogP contribution in [0.1, 0.15) is 37.8 Å². The fourth-order valence-electron chi connectivity index (χ4n) is 2.01. The molecule has 0 amide bonds. The fraction of sp³-hybridized carbons (Fsp3) is 0.500. The van der Waals surface area contributed by atoms with Gasteiger partial charge in [-0.25, -0.2) is 13.1 Å². The van der Waals surface area contributed by atoms with E-state index in [9.17, 15) is 13.5 Å². The van der Waals surface area contributed by atoms with Crippen LogP contribution in [-0.2, 0) is 10.0 Å². The van der Waals surface area contributed by atoms with E-state index >= 15 is 0 Å². The van der Waals surface area contributed by atoms with Crippen molar-refractivity contribution in [1.82, 2.24) is 4.72 Å². The molecule has 0 heterocycles. The van der Waals surface area contributed by atoms with Gasteiger partial charge in [0.2, 0.25) is 10.0 Å². The molecule has 1 aromatic carbocycles. The average Bonchev–Trinajstić information content (AvgIpc) is 2.44. The van der Waals surface area contributed by atoms with E-state index in [4.69, 9.17) is 5.26 Å². The first-order chi connectivity index (χ1) is 9.34. The first kappa shape index (κ1) is 16.6. The summed E-state index contributed by atoms with van der Waals surface area (Å²) in [5.74, 6) is 0. The van der Waals surface area contributed by atoms with E-state index < -0.39 is 15.6 Å². The van der Waals surface area contributed by atoms with Crippen LogP contribution in [0.5, 0.6) is 0 Å². The second-order valence-corrected chi connectivity index (χ2v) is 6.49. The molecule has 0 aliphatic heterocycles. The van der Waals surface area contributed by atoms with Gasteiger partial charge >= 0.3 is 0 Å². The Morgan fingerprint density at radius 3 is 2.35 bits per heavy atom. The van der Waals surface area contributed by atoms with Crippen molar-refractivity contribution in [3.8, 4) is 6.07 Å². The molecule has 0 aliphatic carbocycles. The molecule has 0 saturated heterocycles. The van der Waals surface area contributed by atoms with Gasteiger partial charge in [0.15, 0.2) is 0 Å². The summed E-state index contributed by atoms with van der Waals surface area (Å²) >= 11 is 0. The first-order valence-corrected chi connectivity index (χ1v) is 7.98. The predicted octanol–water partition coefficient (Wildman–Crippen LogP) is 1.70. The van der Waals surface area contributed by atoms with Crippen LogP contribution in [0, 0.1) is 18.3 Å². The lowest BCUT2D eigenvalue weighted by molar-refractivity contribution is 0.172. The standard InChI is InChI=1S/C14H20N2O3S/c1-4-14(5-2,10-17)16-20(18,19)13-7-6-12(9-15)8-11(13)3/h6-8,16-17H,4-5,10H2,1-3H3. The third kappa shape index (κ3) is 3.37. The minimum atomic E-state index is -3.73. The van der Waals surface area contributed by atoms with Crippen molar-refractivity contribution >= 4 is 10.0 Å². The number of hydrogen-bond donors (Lipinski definition) is 2. The van der Waals surface area contributed by atoms with Crippen LogP contribution in [0.15, 0.2) is 23.1 Å². The number of nitrogens with one attached hydrogen (secondary N) is 1. The zero-order valence-electron chi connectivity index (χ0n) is 12.0. The molecule has 0 radical (unpaired) electrons. The van der Waals surface area contributed by atoms with Crippen molar-refractivity contribution in [2.24, 2.45) is 0 Å². The molecule has 6 heteroatoms. The van der Waals surface area contributed by atoms with Crippen LogP contribution in [0.25, 0.3) is 0 Å². The van der Waals surface area contributed by atoms with Crippen molar-refractivity contribution in [3.05, 3.63) is 29.3 Å². The summed E-state index contributed by atoms with van der Waals surface area (Å²) in [5.41, 5.74) is 0.0792. The minimum absolute atomic E-state index is 0.135. The molecule has 0 bridgehead atoms. The SMILES string of the molecule is CCC(CC)(CO)NS(=O)(=O)c1ccc(C#N)cc1C. The highest BCUT2D eigenvalue weighted by Gasteiger charge is 2.32. The van der Waals surface area contributed by atoms with Crippen molar-refractivity contribution in [1.29, 1.82) is 5.26 Å². The molecule has 0 unspecified atom stereocenters. The van der Waals surface area contributed by atoms with E-state index in [2.05, 4.69) is 4.72 Å². The molecule has 0 aromatic heterocycles. The third-order valence-corrected chi connectivity index (χ3v) is 5.34.